The fourth-order valence-electron chi connectivity index (χ4n) is 6.55. The van der Waals surface area contributed by atoms with E-state index in [2.05, 4.69) is 21.3 Å². The molecule has 2 aromatic carbocycles. The Balaban J connectivity index is 0.00000561. The number of likely N-dealkylation sites (tertiary alicyclic amines) is 1. The van der Waals surface area contributed by atoms with Crippen LogP contribution in [0.4, 0.5) is 0 Å². The monoisotopic (exact) mass is 827 g/mol. The van der Waals surface area contributed by atoms with Crippen molar-refractivity contribution in [2.24, 2.45) is 17.4 Å². The van der Waals surface area contributed by atoms with Crippen LogP contribution in [0.25, 0.3) is 6.08 Å². The van der Waals surface area contributed by atoms with Gasteiger partial charge in [-0.25, -0.2) is 0 Å². The zero-order chi connectivity index (χ0) is 39.6. The van der Waals surface area contributed by atoms with Gasteiger partial charge in [0, 0.05) is 37.2 Å². The van der Waals surface area contributed by atoms with Gasteiger partial charge in [-0.15, -0.1) is 24.8 Å². The predicted molar refractivity (Wildman–Crippen MR) is 226 cm³/mol. The third-order valence-corrected chi connectivity index (χ3v) is 9.58. The fourth-order valence-corrected chi connectivity index (χ4v) is 6.55. The summed E-state index contributed by atoms with van der Waals surface area (Å²) in [6.07, 6.45) is 9.80. The normalized spacial score (nSPS) is 15.0. The lowest BCUT2D eigenvalue weighted by Gasteiger charge is -2.35. The number of piperidine rings is 1. The molecule has 0 bridgehead atoms. The van der Waals surface area contributed by atoms with E-state index >= 15 is 0 Å². The highest BCUT2D eigenvalue weighted by Gasteiger charge is 2.33. The summed E-state index contributed by atoms with van der Waals surface area (Å²) in [4.78, 5) is 69.4. The third-order valence-electron chi connectivity index (χ3n) is 9.58. The number of hydrogen-bond donors (Lipinski definition) is 6. The first kappa shape index (κ1) is 48.5. The lowest BCUT2D eigenvalue weighted by atomic mass is 9.99. The zero-order valence-electron chi connectivity index (χ0n) is 32.8. The van der Waals surface area contributed by atoms with Crippen molar-refractivity contribution in [2.75, 3.05) is 19.6 Å². The molecule has 1 saturated heterocycles. The molecule has 1 fully saturated rings. The number of nitrogens with two attached hydrogens (primary N) is 2. The highest BCUT2D eigenvalue weighted by molar-refractivity contribution is 5.95. The predicted octanol–water partition coefficient (Wildman–Crippen LogP) is 3.69. The molecule has 312 valence electrons. The number of unbranched alkanes of at least 4 members (excludes halogenated alkanes) is 1. The molecule has 1 aromatic heterocycles. The molecule has 3 aromatic rings. The van der Waals surface area contributed by atoms with Crippen LogP contribution < -0.4 is 32.7 Å². The van der Waals surface area contributed by atoms with E-state index in [-0.39, 0.29) is 55.0 Å². The molecule has 8 N–H and O–H groups in total. The van der Waals surface area contributed by atoms with E-state index in [0.29, 0.717) is 64.6 Å². The molecule has 4 atom stereocenters. The first-order chi connectivity index (χ1) is 26.5. The molecule has 4 rings (SSSR count). The number of nitrogens with one attached hydrogen (secondary N) is 4. The van der Waals surface area contributed by atoms with Crippen LogP contribution in [0.5, 0.6) is 0 Å². The SMILES string of the molecule is CC(C)C[C@@H](NC(=O)[C@@H](Cc1ccccc1)NC(=O)[C@H](N)Cc1ccccc1)C(=O)N[C@H](CCCCN)C(=O)N1CCC(NC(=O)/C=C/c2ccoc2)CC1.Cl.Cl. The van der Waals surface area contributed by atoms with Gasteiger partial charge in [0.1, 0.15) is 18.1 Å². The van der Waals surface area contributed by atoms with E-state index < -0.39 is 41.9 Å². The van der Waals surface area contributed by atoms with Crippen LogP contribution in [0.1, 0.15) is 69.1 Å². The number of furan rings is 1. The molecule has 0 saturated carbocycles. The van der Waals surface area contributed by atoms with Gasteiger partial charge < -0.3 is 42.1 Å². The van der Waals surface area contributed by atoms with Crippen molar-refractivity contribution >= 4 is 60.4 Å². The minimum absolute atomic E-state index is 0. The van der Waals surface area contributed by atoms with Crippen LogP contribution in [-0.2, 0) is 36.8 Å². The van der Waals surface area contributed by atoms with Crippen LogP contribution >= 0.6 is 24.8 Å². The Bertz CT molecular complexity index is 1690. The smallest absolute Gasteiger partial charge is 0.245 e. The van der Waals surface area contributed by atoms with Gasteiger partial charge in [-0.05, 0) is 80.7 Å². The van der Waals surface area contributed by atoms with Crippen LogP contribution in [0.2, 0.25) is 0 Å². The summed E-state index contributed by atoms with van der Waals surface area (Å²) in [5.41, 5.74) is 14.5. The minimum Gasteiger partial charge on any atom is -0.472 e. The number of carbonyl (C=O) groups is 5. The van der Waals surface area contributed by atoms with E-state index in [1.807, 2.05) is 74.5 Å². The summed E-state index contributed by atoms with van der Waals surface area (Å²) < 4.78 is 5.03. The minimum atomic E-state index is -1.01. The zero-order valence-corrected chi connectivity index (χ0v) is 34.4. The van der Waals surface area contributed by atoms with E-state index in [0.717, 1.165) is 16.7 Å². The van der Waals surface area contributed by atoms with E-state index in [1.54, 1.807) is 23.3 Å². The van der Waals surface area contributed by atoms with E-state index in [9.17, 15) is 24.0 Å². The molecule has 5 amide bonds. The van der Waals surface area contributed by atoms with Crippen LogP contribution in [0.3, 0.4) is 0 Å². The molecule has 1 aliphatic heterocycles. The van der Waals surface area contributed by atoms with Gasteiger partial charge in [-0.2, -0.15) is 0 Å². The van der Waals surface area contributed by atoms with Crippen molar-refractivity contribution in [2.45, 2.75) is 95.4 Å². The van der Waals surface area contributed by atoms with Crippen molar-refractivity contribution in [1.82, 2.24) is 26.2 Å². The molecule has 15 heteroatoms. The summed E-state index contributed by atoms with van der Waals surface area (Å²) in [5, 5.41) is 11.7. The standard InChI is InChI=1S/C42H57N7O6.2ClH/c1-29(2)25-36(48-41(53)37(27-31-13-7-4-8-14-31)47-39(51)34(44)26-30-11-5-3-6-12-30)40(52)46-35(15-9-10-21-43)42(54)49-22-18-33(19-23-49)45-38(50)17-16-32-20-24-55-28-32;;/h3-8,11-14,16-17,20,24,28-29,33-37H,9-10,15,18-19,21-23,25-27,43-44H2,1-2H3,(H,45,50)(H,46,52)(H,47,51)(H,48,53);2*1H/b17-16+;;/t34-,35-,36-,37-;;/m1../s1. The highest BCUT2D eigenvalue weighted by Crippen LogP contribution is 2.16. The summed E-state index contributed by atoms with van der Waals surface area (Å²) >= 11 is 0. The topological polar surface area (TPSA) is 202 Å². The number of hydrogen-bond acceptors (Lipinski definition) is 8. The third kappa shape index (κ3) is 16.7. The molecule has 1 aliphatic rings. The molecule has 0 aliphatic carbocycles. The Kier molecular flexibility index (Phi) is 21.7. The first-order valence-corrected chi connectivity index (χ1v) is 19.3. The molecule has 0 unspecified atom stereocenters. The summed E-state index contributed by atoms with van der Waals surface area (Å²) in [5.74, 6) is -1.91. The van der Waals surface area contributed by atoms with Gasteiger partial charge in [0.15, 0.2) is 0 Å². The number of amides is 5. The molecule has 0 radical (unpaired) electrons. The van der Waals surface area contributed by atoms with Crippen molar-refractivity contribution in [1.29, 1.82) is 0 Å². The average Bonchev–Trinajstić information content (AvgIpc) is 3.71. The molecule has 0 spiro atoms. The lowest BCUT2D eigenvalue weighted by molar-refractivity contribution is -0.139. The van der Waals surface area contributed by atoms with Crippen molar-refractivity contribution in [3.63, 3.8) is 0 Å². The lowest BCUT2D eigenvalue weighted by Crippen LogP contribution is -2.59. The Hall–Kier alpha value is -4.69. The van der Waals surface area contributed by atoms with Crippen LogP contribution in [-0.4, -0.2) is 84.3 Å². The summed E-state index contributed by atoms with van der Waals surface area (Å²) in [6, 6.07) is 16.6. The van der Waals surface area contributed by atoms with Crippen molar-refractivity contribution < 1.29 is 28.4 Å². The molecule has 57 heavy (non-hydrogen) atoms. The van der Waals surface area contributed by atoms with Gasteiger partial charge >= 0.3 is 0 Å². The van der Waals surface area contributed by atoms with Gasteiger partial charge in [0.25, 0.3) is 0 Å². The Labute approximate surface area is 348 Å². The Morgan fingerprint density at radius 2 is 1.37 bits per heavy atom. The van der Waals surface area contributed by atoms with Gasteiger partial charge in [-0.1, -0.05) is 74.5 Å². The molecular formula is C42H59Cl2N7O6. The average molecular weight is 829 g/mol. The van der Waals surface area contributed by atoms with Crippen LogP contribution in [0.15, 0.2) is 89.7 Å². The number of halogens is 2. The quantitative estimate of drug-likeness (QED) is 0.0732. The number of benzene rings is 2. The molecule has 13 nitrogen and oxygen atoms in total. The van der Waals surface area contributed by atoms with Gasteiger partial charge in [0.05, 0.1) is 18.6 Å². The molecular weight excluding hydrogens is 769 g/mol. The second-order valence-corrected chi connectivity index (χ2v) is 14.6. The fraction of sp³-hybridized carbons (Fsp3) is 0.452. The maximum atomic E-state index is 14.0. The molecule has 2 heterocycles. The Morgan fingerprint density at radius 1 is 0.789 bits per heavy atom. The number of nitrogens with zero attached hydrogens (tertiary/aromatic N) is 1. The maximum absolute atomic E-state index is 14.0. The largest absolute Gasteiger partial charge is 0.472 e. The highest BCUT2D eigenvalue weighted by atomic mass is 35.5. The first-order valence-electron chi connectivity index (χ1n) is 19.3. The second-order valence-electron chi connectivity index (χ2n) is 14.6. The Morgan fingerprint density at radius 3 is 1.95 bits per heavy atom. The second kappa shape index (κ2) is 25.5. The van der Waals surface area contributed by atoms with E-state index in [4.69, 9.17) is 15.9 Å². The van der Waals surface area contributed by atoms with E-state index in [1.165, 1.54) is 12.3 Å². The van der Waals surface area contributed by atoms with Crippen LogP contribution in [0, 0.1) is 5.92 Å². The summed E-state index contributed by atoms with van der Waals surface area (Å²) in [7, 11) is 0. The van der Waals surface area contributed by atoms with Crippen molar-refractivity contribution in [3.05, 3.63) is 102 Å². The van der Waals surface area contributed by atoms with Gasteiger partial charge in [-0.3, -0.25) is 24.0 Å². The maximum Gasteiger partial charge on any atom is 0.245 e. The van der Waals surface area contributed by atoms with Gasteiger partial charge in [0.2, 0.25) is 29.5 Å². The summed E-state index contributed by atoms with van der Waals surface area (Å²) in [6.45, 7) is 5.16. The number of carbonyl (C=O) groups excluding carboxylic acids is 5. The number of rotatable bonds is 20. The van der Waals surface area contributed by atoms with Crippen molar-refractivity contribution in [3.8, 4) is 0 Å².